The normalized spacial score (nSPS) is 11.7. The van der Waals surface area contributed by atoms with Gasteiger partial charge in [-0.05, 0) is 18.2 Å². The first-order valence-corrected chi connectivity index (χ1v) is 6.40. The Morgan fingerprint density at radius 1 is 1.33 bits per heavy atom. The predicted molar refractivity (Wildman–Crippen MR) is 59.1 cm³/mol. The second-order valence-corrected chi connectivity index (χ2v) is 5.22. The van der Waals surface area contributed by atoms with Crippen molar-refractivity contribution in [1.29, 1.82) is 0 Å². The van der Waals surface area contributed by atoms with E-state index in [9.17, 15) is 17.2 Å². The lowest BCUT2D eigenvalue weighted by Gasteiger charge is -2.03. The quantitative estimate of drug-likeness (QED) is 0.900. The van der Waals surface area contributed by atoms with E-state index in [2.05, 4.69) is 5.10 Å². The number of nitrogens with two attached hydrogens (primary N) is 1. The first kappa shape index (κ1) is 12.7. The molecule has 0 saturated heterocycles. The lowest BCUT2D eigenvalue weighted by molar-refractivity contribution is 0.566. The van der Waals surface area contributed by atoms with Crippen LogP contribution in [-0.4, -0.2) is 18.2 Å². The standard InChI is InChI=1S/C10H9F2N3O2S/c11-8-1-2-10(12)7(3-8)5-15-6-9(4-14-15)18(13,16)17/h1-4,6H,5H2,(H2,13,16,17). The van der Waals surface area contributed by atoms with Crippen molar-refractivity contribution in [2.45, 2.75) is 11.4 Å². The lowest BCUT2D eigenvalue weighted by Crippen LogP contribution is -2.11. The highest BCUT2D eigenvalue weighted by atomic mass is 32.2. The van der Waals surface area contributed by atoms with Crippen LogP contribution in [0.2, 0.25) is 0 Å². The molecule has 0 aliphatic rings. The summed E-state index contributed by atoms with van der Waals surface area (Å²) in [6, 6.07) is 3.01. The van der Waals surface area contributed by atoms with Crippen molar-refractivity contribution in [3.8, 4) is 0 Å². The molecule has 0 saturated carbocycles. The molecule has 1 aromatic carbocycles. The van der Waals surface area contributed by atoms with Crippen molar-refractivity contribution in [2.75, 3.05) is 0 Å². The van der Waals surface area contributed by atoms with Gasteiger partial charge in [0.1, 0.15) is 16.5 Å². The molecule has 0 amide bonds. The Balaban J connectivity index is 2.29. The number of benzene rings is 1. The van der Waals surface area contributed by atoms with Crippen LogP contribution in [0.25, 0.3) is 0 Å². The summed E-state index contributed by atoms with van der Waals surface area (Å²) in [6.07, 6.45) is 2.20. The third-order valence-corrected chi connectivity index (χ3v) is 3.15. The Bertz CT molecular complexity index is 682. The zero-order valence-corrected chi connectivity index (χ0v) is 9.86. The molecule has 0 aliphatic heterocycles. The van der Waals surface area contributed by atoms with Gasteiger partial charge in [0.25, 0.3) is 0 Å². The molecule has 2 rings (SSSR count). The van der Waals surface area contributed by atoms with Gasteiger partial charge in [-0.1, -0.05) is 0 Å². The average molecular weight is 273 g/mol. The molecule has 18 heavy (non-hydrogen) atoms. The number of primary sulfonamides is 1. The van der Waals surface area contributed by atoms with Gasteiger partial charge < -0.3 is 0 Å². The van der Waals surface area contributed by atoms with E-state index in [1.54, 1.807) is 0 Å². The number of aromatic nitrogens is 2. The van der Waals surface area contributed by atoms with Gasteiger partial charge in [0.05, 0.1) is 12.7 Å². The van der Waals surface area contributed by atoms with E-state index in [4.69, 9.17) is 5.14 Å². The van der Waals surface area contributed by atoms with Crippen LogP contribution in [0, 0.1) is 11.6 Å². The van der Waals surface area contributed by atoms with E-state index in [0.717, 1.165) is 35.3 Å². The molecule has 1 aromatic heterocycles. The SMILES string of the molecule is NS(=O)(=O)c1cnn(Cc2cc(F)ccc2F)c1. The van der Waals surface area contributed by atoms with Gasteiger partial charge in [-0.3, -0.25) is 4.68 Å². The number of hydrogen-bond acceptors (Lipinski definition) is 3. The van der Waals surface area contributed by atoms with Gasteiger partial charge >= 0.3 is 0 Å². The number of nitrogens with zero attached hydrogens (tertiary/aromatic N) is 2. The summed E-state index contributed by atoms with van der Waals surface area (Å²) in [7, 11) is -3.84. The summed E-state index contributed by atoms with van der Waals surface area (Å²) in [4.78, 5) is -0.181. The van der Waals surface area contributed by atoms with E-state index in [1.807, 2.05) is 0 Å². The highest BCUT2D eigenvalue weighted by Crippen LogP contribution is 2.12. The molecule has 2 N–H and O–H groups in total. The van der Waals surface area contributed by atoms with Gasteiger partial charge in [-0.2, -0.15) is 5.10 Å². The maximum absolute atomic E-state index is 13.3. The molecule has 0 unspecified atom stereocenters. The minimum atomic E-state index is -3.84. The second kappa shape index (κ2) is 4.46. The Morgan fingerprint density at radius 2 is 2.06 bits per heavy atom. The van der Waals surface area contributed by atoms with Crippen molar-refractivity contribution >= 4 is 10.0 Å². The van der Waals surface area contributed by atoms with Crippen molar-refractivity contribution in [2.24, 2.45) is 5.14 Å². The van der Waals surface area contributed by atoms with Crippen LogP contribution in [0.3, 0.4) is 0 Å². The lowest BCUT2D eigenvalue weighted by atomic mass is 10.2. The van der Waals surface area contributed by atoms with Crippen LogP contribution < -0.4 is 5.14 Å². The largest absolute Gasteiger partial charge is 0.267 e. The van der Waals surface area contributed by atoms with Gasteiger partial charge in [0, 0.05) is 11.8 Å². The Hall–Kier alpha value is -1.80. The summed E-state index contributed by atoms with van der Waals surface area (Å²) < 4.78 is 49.5. The zero-order chi connectivity index (χ0) is 13.3. The first-order chi connectivity index (χ1) is 8.36. The molecular weight excluding hydrogens is 264 g/mol. The monoisotopic (exact) mass is 273 g/mol. The summed E-state index contributed by atoms with van der Waals surface area (Å²) in [5.74, 6) is -1.17. The third-order valence-electron chi connectivity index (χ3n) is 2.28. The molecule has 5 nitrogen and oxygen atoms in total. The van der Waals surface area contributed by atoms with Crippen LogP contribution in [0.5, 0.6) is 0 Å². The van der Waals surface area contributed by atoms with E-state index in [-0.39, 0.29) is 17.0 Å². The molecule has 0 aliphatic carbocycles. The molecule has 0 atom stereocenters. The summed E-state index contributed by atoms with van der Waals surface area (Å²) in [6.45, 7) is -0.0842. The Labute approximate surface area is 102 Å². The fourth-order valence-corrected chi connectivity index (χ4v) is 1.88. The van der Waals surface area contributed by atoms with E-state index >= 15 is 0 Å². The van der Waals surface area contributed by atoms with Crippen LogP contribution in [0.15, 0.2) is 35.5 Å². The van der Waals surface area contributed by atoms with Crippen LogP contribution in [0.4, 0.5) is 8.78 Å². The van der Waals surface area contributed by atoms with Gasteiger partial charge in [0.2, 0.25) is 10.0 Å². The molecule has 8 heteroatoms. The fourth-order valence-electron chi connectivity index (χ4n) is 1.42. The molecule has 0 radical (unpaired) electrons. The van der Waals surface area contributed by atoms with E-state index < -0.39 is 21.7 Å². The van der Waals surface area contributed by atoms with Crippen LogP contribution in [-0.2, 0) is 16.6 Å². The summed E-state index contributed by atoms with van der Waals surface area (Å²) >= 11 is 0. The third kappa shape index (κ3) is 2.71. The second-order valence-electron chi connectivity index (χ2n) is 3.65. The summed E-state index contributed by atoms with van der Waals surface area (Å²) in [5, 5.41) is 8.62. The molecule has 0 spiro atoms. The average Bonchev–Trinajstić information content (AvgIpc) is 2.71. The number of rotatable bonds is 3. The Kier molecular flexibility index (Phi) is 3.14. The molecule has 96 valence electrons. The van der Waals surface area contributed by atoms with Gasteiger partial charge in [0.15, 0.2) is 0 Å². The number of halogens is 2. The number of sulfonamides is 1. The zero-order valence-electron chi connectivity index (χ0n) is 9.05. The topological polar surface area (TPSA) is 78.0 Å². The highest BCUT2D eigenvalue weighted by molar-refractivity contribution is 7.89. The highest BCUT2D eigenvalue weighted by Gasteiger charge is 2.12. The molecule has 0 bridgehead atoms. The fraction of sp³-hybridized carbons (Fsp3) is 0.100. The number of hydrogen-bond donors (Lipinski definition) is 1. The van der Waals surface area contributed by atoms with Gasteiger partial charge in [-0.15, -0.1) is 0 Å². The van der Waals surface area contributed by atoms with Crippen molar-refractivity contribution < 1.29 is 17.2 Å². The summed E-state index contributed by atoms with van der Waals surface area (Å²) in [5.41, 5.74) is 0.0686. The minimum Gasteiger partial charge on any atom is -0.267 e. The molecule has 1 heterocycles. The first-order valence-electron chi connectivity index (χ1n) is 4.85. The Morgan fingerprint density at radius 3 is 2.67 bits per heavy atom. The maximum atomic E-state index is 13.3. The van der Waals surface area contributed by atoms with E-state index in [0.29, 0.717) is 0 Å². The molecular formula is C10H9F2N3O2S. The van der Waals surface area contributed by atoms with Crippen LogP contribution in [0.1, 0.15) is 5.56 Å². The molecule has 0 fully saturated rings. The van der Waals surface area contributed by atoms with Gasteiger partial charge in [-0.25, -0.2) is 22.3 Å². The molecule has 2 aromatic rings. The van der Waals surface area contributed by atoms with E-state index in [1.165, 1.54) is 0 Å². The smallest absolute Gasteiger partial charge is 0.241 e. The maximum Gasteiger partial charge on any atom is 0.241 e. The minimum absolute atomic E-state index is 0.0686. The van der Waals surface area contributed by atoms with Crippen molar-refractivity contribution in [3.63, 3.8) is 0 Å². The van der Waals surface area contributed by atoms with Crippen molar-refractivity contribution in [3.05, 3.63) is 47.8 Å². The predicted octanol–water partition coefficient (Wildman–Crippen LogP) is 0.857. The van der Waals surface area contributed by atoms with Crippen molar-refractivity contribution in [1.82, 2.24) is 9.78 Å². The van der Waals surface area contributed by atoms with Crippen LogP contribution >= 0.6 is 0 Å².